The van der Waals surface area contributed by atoms with Crippen LogP contribution in [0.25, 0.3) is 0 Å². The van der Waals surface area contributed by atoms with E-state index in [9.17, 15) is 0 Å². The van der Waals surface area contributed by atoms with Gasteiger partial charge in [-0.15, -0.1) is 0 Å². The van der Waals surface area contributed by atoms with Crippen LogP contribution in [0.5, 0.6) is 0 Å². The van der Waals surface area contributed by atoms with E-state index in [0.29, 0.717) is 0 Å². The van der Waals surface area contributed by atoms with Crippen LogP contribution < -0.4 is 5.73 Å². The number of ether oxygens (including phenoxy) is 1. The highest BCUT2D eigenvalue weighted by molar-refractivity contribution is 5.12. The average Bonchev–Trinajstić information content (AvgIpc) is 2.25. The Morgan fingerprint density at radius 2 is 2.36 bits per heavy atom. The molecule has 1 aliphatic rings. The molecular weight excluding hydrogens is 174 g/mol. The SMILES string of the molecule is CCOCCCC(N)C1=CCCCC1. The van der Waals surface area contributed by atoms with Crippen molar-refractivity contribution in [3.05, 3.63) is 11.6 Å². The molecule has 2 heteroatoms. The minimum Gasteiger partial charge on any atom is -0.382 e. The molecule has 0 aliphatic heterocycles. The van der Waals surface area contributed by atoms with Crippen LogP contribution >= 0.6 is 0 Å². The molecule has 0 saturated heterocycles. The van der Waals surface area contributed by atoms with E-state index in [4.69, 9.17) is 10.5 Å². The zero-order valence-corrected chi connectivity index (χ0v) is 9.30. The highest BCUT2D eigenvalue weighted by Gasteiger charge is 2.11. The van der Waals surface area contributed by atoms with Gasteiger partial charge >= 0.3 is 0 Å². The summed E-state index contributed by atoms with van der Waals surface area (Å²) in [7, 11) is 0. The zero-order chi connectivity index (χ0) is 10.2. The van der Waals surface area contributed by atoms with Crippen LogP contribution in [0, 0.1) is 0 Å². The largest absolute Gasteiger partial charge is 0.382 e. The molecule has 2 N–H and O–H groups in total. The summed E-state index contributed by atoms with van der Waals surface area (Å²) in [5.74, 6) is 0. The van der Waals surface area contributed by atoms with Gasteiger partial charge in [0.15, 0.2) is 0 Å². The number of hydrogen-bond donors (Lipinski definition) is 1. The third-order valence-electron chi connectivity index (χ3n) is 2.81. The van der Waals surface area contributed by atoms with Crippen molar-refractivity contribution >= 4 is 0 Å². The molecule has 82 valence electrons. The maximum Gasteiger partial charge on any atom is 0.0466 e. The molecule has 14 heavy (non-hydrogen) atoms. The normalized spacial score (nSPS) is 19.1. The van der Waals surface area contributed by atoms with Gasteiger partial charge in [0.25, 0.3) is 0 Å². The fourth-order valence-electron chi connectivity index (χ4n) is 1.93. The first-order valence-corrected chi connectivity index (χ1v) is 5.87. The maximum absolute atomic E-state index is 6.11. The molecule has 0 amide bonds. The second-order valence-electron chi connectivity index (χ2n) is 3.97. The van der Waals surface area contributed by atoms with E-state index in [2.05, 4.69) is 6.08 Å². The summed E-state index contributed by atoms with van der Waals surface area (Å²) >= 11 is 0. The second-order valence-corrected chi connectivity index (χ2v) is 3.97. The summed E-state index contributed by atoms with van der Waals surface area (Å²) < 4.78 is 5.30. The van der Waals surface area contributed by atoms with Crippen molar-refractivity contribution < 1.29 is 4.74 Å². The fraction of sp³-hybridized carbons (Fsp3) is 0.833. The summed E-state index contributed by atoms with van der Waals surface area (Å²) in [6.07, 6.45) is 9.62. The van der Waals surface area contributed by atoms with E-state index in [1.54, 1.807) is 0 Å². The predicted molar refractivity (Wildman–Crippen MR) is 60.3 cm³/mol. The lowest BCUT2D eigenvalue weighted by atomic mass is 9.92. The molecule has 0 fully saturated rings. The van der Waals surface area contributed by atoms with Gasteiger partial charge in [0.05, 0.1) is 0 Å². The van der Waals surface area contributed by atoms with Crippen molar-refractivity contribution in [3.63, 3.8) is 0 Å². The van der Waals surface area contributed by atoms with Crippen molar-refractivity contribution in [1.29, 1.82) is 0 Å². The van der Waals surface area contributed by atoms with Gasteiger partial charge in [0, 0.05) is 19.3 Å². The van der Waals surface area contributed by atoms with Crippen LogP contribution in [0.2, 0.25) is 0 Å². The molecule has 1 aliphatic carbocycles. The standard InChI is InChI=1S/C12H23NO/c1-2-14-10-6-9-12(13)11-7-4-3-5-8-11/h7,12H,2-6,8-10,13H2,1H3. The first kappa shape index (κ1) is 11.7. The molecule has 0 spiro atoms. The zero-order valence-electron chi connectivity index (χ0n) is 9.30. The van der Waals surface area contributed by atoms with Crippen molar-refractivity contribution in [2.45, 2.75) is 51.5 Å². The van der Waals surface area contributed by atoms with Crippen LogP contribution in [-0.4, -0.2) is 19.3 Å². The first-order valence-electron chi connectivity index (χ1n) is 5.87. The van der Waals surface area contributed by atoms with Crippen molar-refractivity contribution in [3.8, 4) is 0 Å². The van der Waals surface area contributed by atoms with E-state index >= 15 is 0 Å². The van der Waals surface area contributed by atoms with Gasteiger partial charge in [-0.1, -0.05) is 11.6 Å². The van der Waals surface area contributed by atoms with E-state index in [1.165, 1.54) is 31.3 Å². The lowest BCUT2D eigenvalue weighted by Gasteiger charge is -2.19. The molecule has 2 nitrogen and oxygen atoms in total. The molecule has 0 aromatic heterocycles. The van der Waals surface area contributed by atoms with Crippen molar-refractivity contribution in [2.75, 3.05) is 13.2 Å². The van der Waals surface area contributed by atoms with Crippen molar-refractivity contribution in [1.82, 2.24) is 0 Å². The van der Waals surface area contributed by atoms with Gasteiger partial charge in [0.1, 0.15) is 0 Å². The number of allylic oxidation sites excluding steroid dienone is 1. The molecular formula is C12H23NO. The first-order chi connectivity index (χ1) is 6.84. The number of rotatable bonds is 6. The predicted octanol–water partition coefficient (Wildman–Crippen LogP) is 2.63. The minimum absolute atomic E-state index is 0.288. The summed E-state index contributed by atoms with van der Waals surface area (Å²) in [5, 5.41) is 0. The highest BCUT2D eigenvalue weighted by atomic mass is 16.5. The quantitative estimate of drug-likeness (QED) is 0.525. The van der Waals surface area contributed by atoms with Gasteiger partial charge in [0.2, 0.25) is 0 Å². The monoisotopic (exact) mass is 197 g/mol. The molecule has 1 unspecified atom stereocenters. The molecule has 1 atom stereocenters. The number of nitrogens with two attached hydrogens (primary N) is 1. The van der Waals surface area contributed by atoms with Gasteiger partial charge in [-0.3, -0.25) is 0 Å². The lowest BCUT2D eigenvalue weighted by molar-refractivity contribution is 0.142. The topological polar surface area (TPSA) is 35.2 Å². The van der Waals surface area contributed by atoms with E-state index in [1.807, 2.05) is 6.92 Å². The van der Waals surface area contributed by atoms with Crippen LogP contribution in [0.4, 0.5) is 0 Å². The summed E-state index contributed by atoms with van der Waals surface area (Å²) in [6, 6.07) is 0.288. The Balaban J connectivity index is 2.13. The molecule has 0 heterocycles. The Morgan fingerprint density at radius 1 is 1.50 bits per heavy atom. The lowest BCUT2D eigenvalue weighted by Crippen LogP contribution is -2.24. The minimum atomic E-state index is 0.288. The molecule has 0 aromatic rings. The van der Waals surface area contributed by atoms with Crippen LogP contribution in [-0.2, 0) is 4.74 Å². The summed E-state index contributed by atoms with van der Waals surface area (Å²) in [6.45, 7) is 3.71. The average molecular weight is 197 g/mol. The third kappa shape index (κ3) is 4.25. The second kappa shape index (κ2) is 7.02. The van der Waals surface area contributed by atoms with Crippen molar-refractivity contribution in [2.24, 2.45) is 5.73 Å². The van der Waals surface area contributed by atoms with E-state index in [-0.39, 0.29) is 6.04 Å². The highest BCUT2D eigenvalue weighted by Crippen LogP contribution is 2.21. The van der Waals surface area contributed by atoms with E-state index in [0.717, 1.165) is 26.1 Å². The molecule has 0 radical (unpaired) electrons. The Kier molecular flexibility index (Phi) is 5.88. The number of hydrogen-bond acceptors (Lipinski definition) is 2. The van der Waals surface area contributed by atoms with Crippen LogP contribution in [0.3, 0.4) is 0 Å². The molecule has 1 rings (SSSR count). The van der Waals surface area contributed by atoms with Gasteiger partial charge in [-0.05, 0) is 45.4 Å². The van der Waals surface area contributed by atoms with Crippen LogP contribution in [0.15, 0.2) is 11.6 Å². The smallest absolute Gasteiger partial charge is 0.0466 e. The van der Waals surface area contributed by atoms with Gasteiger partial charge < -0.3 is 10.5 Å². The Bertz CT molecular complexity index is 177. The summed E-state index contributed by atoms with van der Waals surface area (Å²) in [4.78, 5) is 0. The van der Waals surface area contributed by atoms with Gasteiger partial charge in [-0.25, -0.2) is 0 Å². The van der Waals surface area contributed by atoms with Gasteiger partial charge in [-0.2, -0.15) is 0 Å². The van der Waals surface area contributed by atoms with Crippen LogP contribution in [0.1, 0.15) is 45.4 Å². The maximum atomic E-state index is 6.11. The third-order valence-corrected chi connectivity index (χ3v) is 2.81. The Hall–Kier alpha value is -0.340. The Labute approximate surface area is 87.5 Å². The fourth-order valence-corrected chi connectivity index (χ4v) is 1.93. The Morgan fingerprint density at radius 3 is 3.00 bits per heavy atom. The van der Waals surface area contributed by atoms with E-state index < -0.39 is 0 Å². The molecule has 0 saturated carbocycles. The molecule has 0 bridgehead atoms. The summed E-state index contributed by atoms with van der Waals surface area (Å²) in [5.41, 5.74) is 7.59. The molecule has 0 aromatic carbocycles.